The Bertz CT molecular complexity index is 807. The minimum Gasteiger partial charge on any atom is -0.325 e. The summed E-state index contributed by atoms with van der Waals surface area (Å²) in [5, 5.41) is 12.5. The number of aromatic nitrogens is 3. The molecule has 0 bridgehead atoms. The molecule has 1 amide bonds. The lowest BCUT2D eigenvalue weighted by Crippen LogP contribution is -2.15. The highest BCUT2D eigenvalue weighted by atomic mass is 32.2. The number of hydrogen-bond donors (Lipinski definition) is 1. The maximum atomic E-state index is 12.4. The van der Waals surface area contributed by atoms with Crippen molar-refractivity contribution in [1.29, 1.82) is 0 Å². The zero-order chi connectivity index (χ0) is 20.6. The van der Waals surface area contributed by atoms with Crippen molar-refractivity contribution in [3.8, 4) is 0 Å². The number of rotatable bonds is 9. The number of benzene rings is 1. The molecule has 1 aromatic heterocycles. The predicted octanol–water partition coefficient (Wildman–Crippen LogP) is 5.44. The second kappa shape index (κ2) is 10.6. The van der Waals surface area contributed by atoms with Crippen LogP contribution in [0.3, 0.4) is 0 Å². The topological polar surface area (TPSA) is 59.8 Å². The summed E-state index contributed by atoms with van der Waals surface area (Å²) in [5.41, 5.74) is 2.09. The van der Waals surface area contributed by atoms with Gasteiger partial charge in [0.05, 0.1) is 5.75 Å². The molecule has 1 N–H and O–H groups in total. The second-order valence-electron chi connectivity index (χ2n) is 8.12. The fraction of sp³-hybridized carbons (Fsp3) is 0.522. The average Bonchev–Trinajstić information content (AvgIpc) is 3.09. The summed E-state index contributed by atoms with van der Waals surface area (Å²) in [6, 6.07) is 8.04. The summed E-state index contributed by atoms with van der Waals surface area (Å²) in [6.45, 7) is 8.86. The van der Waals surface area contributed by atoms with Gasteiger partial charge in [0, 0.05) is 18.7 Å². The maximum absolute atomic E-state index is 12.4. The van der Waals surface area contributed by atoms with Gasteiger partial charge in [-0.1, -0.05) is 75.9 Å². The molecule has 0 spiro atoms. The zero-order valence-electron chi connectivity index (χ0n) is 17.6. The molecule has 29 heavy (non-hydrogen) atoms. The molecule has 5 nitrogen and oxygen atoms in total. The molecule has 1 saturated carbocycles. The van der Waals surface area contributed by atoms with Gasteiger partial charge in [0.2, 0.25) is 5.91 Å². The molecule has 1 heterocycles. The lowest BCUT2D eigenvalue weighted by Gasteiger charge is -2.21. The van der Waals surface area contributed by atoms with Crippen molar-refractivity contribution < 1.29 is 4.79 Å². The van der Waals surface area contributed by atoms with Crippen molar-refractivity contribution in [2.75, 3.05) is 11.1 Å². The molecule has 0 aliphatic heterocycles. The summed E-state index contributed by atoms with van der Waals surface area (Å²) in [5.74, 6) is 2.48. The first kappa shape index (κ1) is 21.6. The van der Waals surface area contributed by atoms with E-state index in [9.17, 15) is 4.79 Å². The monoisotopic (exact) mass is 412 g/mol. The number of anilines is 1. The van der Waals surface area contributed by atoms with Crippen LogP contribution in [0, 0.1) is 5.92 Å². The van der Waals surface area contributed by atoms with Gasteiger partial charge < -0.3 is 9.88 Å². The van der Waals surface area contributed by atoms with Crippen molar-refractivity contribution in [2.45, 2.75) is 70.0 Å². The third-order valence-corrected chi connectivity index (χ3v) is 6.46. The van der Waals surface area contributed by atoms with Gasteiger partial charge in [-0.25, -0.2) is 0 Å². The fourth-order valence-corrected chi connectivity index (χ4v) is 4.58. The minimum atomic E-state index is -0.0331. The Morgan fingerprint density at radius 3 is 2.62 bits per heavy atom. The molecule has 1 fully saturated rings. The Morgan fingerprint density at radius 2 is 1.97 bits per heavy atom. The van der Waals surface area contributed by atoms with Crippen LogP contribution in [-0.2, 0) is 17.8 Å². The highest BCUT2D eigenvalue weighted by molar-refractivity contribution is 7.99. The third kappa shape index (κ3) is 6.20. The number of hydrogen-bond acceptors (Lipinski definition) is 4. The molecule has 3 rings (SSSR count). The van der Waals surface area contributed by atoms with Gasteiger partial charge in [-0.15, -0.1) is 16.8 Å². The van der Waals surface area contributed by atoms with Crippen LogP contribution in [0.5, 0.6) is 0 Å². The minimum absolute atomic E-state index is 0.0331. The van der Waals surface area contributed by atoms with Gasteiger partial charge in [-0.3, -0.25) is 4.79 Å². The van der Waals surface area contributed by atoms with Crippen LogP contribution in [0.1, 0.15) is 63.3 Å². The fourth-order valence-electron chi connectivity index (χ4n) is 3.82. The smallest absolute Gasteiger partial charge is 0.234 e. The first-order valence-corrected chi connectivity index (χ1v) is 11.6. The molecule has 1 aromatic carbocycles. The Labute approximate surface area is 178 Å². The number of nitrogens with one attached hydrogen (secondary N) is 1. The lowest BCUT2D eigenvalue weighted by atomic mass is 9.87. The molecule has 1 aliphatic rings. The summed E-state index contributed by atoms with van der Waals surface area (Å²) in [4.78, 5) is 12.4. The van der Waals surface area contributed by atoms with E-state index in [1.807, 2.05) is 18.2 Å². The molecule has 0 saturated heterocycles. The van der Waals surface area contributed by atoms with Crippen LogP contribution in [0.25, 0.3) is 0 Å². The standard InChI is InChI=1S/C23H32N4OS/c1-4-14-27-21(15-18-8-6-5-7-9-18)25-26-23(27)29-16-22(28)24-20-12-10-19(11-13-20)17(2)3/h4,10-13,17-18H,1,5-9,14-16H2,2-3H3,(H,24,28). The highest BCUT2D eigenvalue weighted by Crippen LogP contribution is 2.28. The number of amides is 1. The van der Waals surface area contributed by atoms with E-state index in [0.29, 0.717) is 24.1 Å². The predicted molar refractivity (Wildman–Crippen MR) is 120 cm³/mol. The largest absolute Gasteiger partial charge is 0.325 e. The van der Waals surface area contributed by atoms with E-state index in [1.54, 1.807) is 0 Å². The van der Waals surface area contributed by atoms with Crippen LogP contribution in [0.2, 0.25) is 0 Å². The van der Waals surface area contributed by atoms with Crippen LogP contribution in [0.15, 0.2) is 42.1 Å². The molecular formula is C23H32N4OS. The lowest BCUT2D eigenvalue weighted by molar-refractivity contribution is -0.113. The normalized spacial score (nSPS) is 14.9. The molecule has 0 radical (unpaired) electrons. The molecule has 156 valence electrons. The Hall–Kier alpha value is -2.08. The SMILES string of the molecule is C=CCn1c(CC2CCCCC2)nnc1SCC(=O)Nc1ccc(C(C)C)cc1. The Kier molecular flexibility index (Phi) is 7.92. The first-order chi connectivity index (χ1) is 14.1. The molecule has 6 heteroatoms. The molecule has 1 aliphatic carbocycles. The number of carbonyl (C=O) groups is 1. The summed E-state index contributed by atoms with van der Waals surface area (Å²) >= 11 is 1.43. The number of allylic oxidation sites excluding steroid dienone is 1. The van der Waals surface area contributed by atoms with Crippen LogP contribution >= 0.6 is 11.8 Å². The second-order valence-corrected chi connectivity index (χ2v) is 9.06. The van der Waals surface area contributed by atoms with E-state index >= 15 is 0 Å². The first-order valence-electron chi connectivity index (χ1n) is 10.6. The Balaban J connectivity index is 1.57. The van der Waals surface area contributed by atoms with E-state index in [2.05, 4.69) is 52.6 Å². The van der Waals surface area contributed by atoms with Crippen molar-refractivity contribution in [3.05, 3.63) is 48.3 Å². The van der Waals surface area contributed by atoms with Gasteiger partial charge in [0.1, 0.15) is 5.82 Å². The van der Waals surface area contributed by atoms with E-state index in [4.69, 9.17) is 0 Å². The number of nitrogens with zero attached hydrogens (tertiary/aromatic N) is 3. The highest BCUT2D eigenvalue weighted by Gasteiger charge is 2.19. The van der Waals surface area contributed by atoms with Gasteiger partial charge in [-0.05, 0) is 29.5 Å². The van der Waals surface area contributed by atoms with E-state index in [1.165, 1.54) is 49.4 Å². The van der Waals surface area contributed by atoms with Gasteiger partial charge >= 0.3 is 0 Å². The molecular weight excluding hydrogens is 380 g/mol. The number of carbonyl (C=O) groups excluding carboxylic acids is 1. The zero-order valence-corrected chi connectivity index (χ0v) is 18.4. The van der Waals surface area contributed by atoms with E-state index in [-0.39, 0.29) is 5.91 Å². The Morgan fingerprint density at radius 1 is 1.24 bits per heavy atom. The third-order valence-electron chi connectivity index (χ3n) is 5.49. The van der Waals surface area contributed by atoms with Crippen LogP contribution < -0.4 is 5.32 Å². The maximum Gasteiger partial charge on any atom is 0.234 e. The quantitative estimate of drug-likeness (QED) is 0.440. The number of thioether (sulfide) groups is 1. The molecule has 0 unspecified atom stereocenters. The van der Waals surface area contributed by atoms with Gasteiger partial charge in [-0.2, -0.15) is 0 Å². The van der Waals surface area contributed by atoms with E-state index in [0.717, 1.165) is 23.1 Å². The van der Waals surface area contributed by atoms with Crippen molar-refractivity contribution >= 4 is 23.4 Å². The van der Waals surface area contributed by atoms with Gasteiger partial charge in [0.25, 0.3) is 0 Å². The summed E-state index contributed by atoms with van der Waals surface area (Å²) in [7, 11) is 0. The van der Waals surface area contributed by atoms with Crippen molar-refractivity contribution in [1.82, 2.24) is 14.8 Å². The average molecular weight is 413 g/mol. The van der Waals surface area contributed by atoms with Gasteiger partial charge in [0.15, 0.2) is 5.16 Å². The molecule has 2 aromatic rings. The van der Waals surface area contributed by atoms with E-state index < -0.39 is 0 Å². The summed E-state index contributed by atoms with van der Waals surface area (Å²) in [6.07, 6.45) is 9.39. The van der Waals surface area contributed by atoms with Crippen molar-refractivity contribution in [3.63, 3.8) is 0 Å². The van der Waals surface area contributed by atoms with Crippen LogP contribution in [-0.4, -0.2) is 26.4 Å². The van der Waals surface area contributed by atoms with Crippen LogP contribution in [0.4, 0.5) is 5.69 Å². The molecule has 0 atom stereocenters. The summed E-state index contributed by atoms with van der Waals surface area (Å²) < 4.78 is 2.11. The van der Waals surface area contributed by atoms with Crippen molar-refractivity contribution in [2.24, 2.45) is 5.92 Å².